The van der Waals surface area contributed by atoms with E-state index >= 15 is 0 Å². The highest BCUT2D eigenvalue weighted by Crippen LogP contribution is 2.25. The Bertz CT molecular complexity index is 237. The molecule has 92 valence electrons. The van der Waals surface area contributed by atoms with Gasteiger partial charge in [0.05, 0.1) is 12.6 Å². The predicted molar refractivity (Wildman–Crippen MR) is 62.0 cm³/mol. The van der Waals surface area contributed by atoms with Gasteiger partial charge in [0.25, 0.3) is 0 Å². The standard InChI is InChI=1S/C12H22N2O2/c13-7-11-8-16-9-12(15)14(11)10-5-3-1-2-4-6-10/h10-11H,1-9,13H2. The first-order chi connectivity index (χ1) is 7.83. The number of rotatable bonds is 2. The number of carbonyl (C=O) groups excluding carboxylic acids is 1. The van der Waals surface area contributed by atoms with Gasteiger partial charge in [-0.2, -0.15) is 0 Å². The number of carbonyl (C=O) groups is 1. The molecule has 1 saturated carbocycles. The minimum absolute atomic E-state index is 0.101. The maximum atomic E-state index is 11.9. The smallest absolute Gasteiger partial charge is 0.249 e. The zero-order chi connectivity index (χ0) is 11.4. The minimum atomic E-state index is 0.101. The SMILES string of the molecule is NCC1COCC(=O)N1C1CCCCCC1. The molecule has 0 aromatic heterocycles. The number of nitrogens with two attached hydrogens (primary N) is 1. The van der Waals surface area contributed by atoms with Crippen LogP contribution in [0.25, 0.3) is 0 Å². The van der Waals surface area contributed by atoms with Gasteiger partial charge in [0, 0.05) is 12.6 Å². The fourth-order valence-electron chi connectivity index (χ4n) is 2.86. The average molecular weight is 226 g/mol. The van der Waals surface area contributed by atoms with Crippen LogP contribution in [0.4, 0.5) is 0 Å². The van der Waals surface area contributed by atoms with Gasteiger partial charge in [0.2, 0.25) is 5.91 Å². The Labute approximate surface area is 97.1 Å². The average Bonchev–Trinajstić information content (AvgIpc) is 2.57. The second-order valence-corrected chi connectivity index (χ2v) is 4.85. The zero-order valence-electron chi connectivity index (χ0n) is 9.86. The topological polar surface area (TPSA) is 55.6 Å². The van der Waals surface area contributed by atoms with E-state index in [0.29, 0.717) is 19.2 Å². The quantitative estimate of drug-likeness (QED) is 0.712. The van der Waals surface area contributed by atoms with Crippen LogP contribution >= 0.6 is 0 Å². The molecule has 1 aliphatic heterocycles. The van der Waals surface area contributed by atoms with Crippen LogP contribution < -0.4 is 5.73 Å². The van der Waals surface area contributed by atoms with E-state index in [-0.39, 0.29) is 18.6 Å². The van der Waals surface area contributed by atoms with Gasteiger partial charge in [-0.3, -0.25) is 4.79 Å². The lowest BCUT2D eigenvalue weighted by Crippen LogP contribution is -2.56. The number of amides is 1. The van der Waals surface area contributed by atoms with Crippen LogP contribution in [0.2, 0.25) is 0 Å². The van der Waals surface area contributed by atoms with E-state index in [4.69, 9.17) is 10.5 Å². The normalized spacial score (nSPS) is 29.2. The van der Waals surface area contributed by atoms with Gasteiger partial charge in [-0.25, -0.2) is 0 Å². The summed E-state index contributed by atoms with van der Waals surface area (Å²) >= 11 is 0. The number of ether oxygens (including phenoxy) is 1. The van der Waals surface area contributed by atoms with Crippen molar-refractivity contribution >= 4 is 5.91 Å². The summed E-state index contributed by atoms with van der Waals surface area (Å²) in [4.78, 5) is 13.9. The summed E-state index contributed by atoms with van der Waals surface area (Å²) in [6, 6.07) is 0.511. The van der Waals surface area contributed by atoms with Crippen LogP contribution in [-0.4, -0.2) is 42.6 Å². The first-order valence-corrected chi connectivity index (χ1v) is 6.42. The molecular weight excluding hydrogens is 204 g/mol. The van der Waals surface area contributed by atoms with Crippen LogP contribution in [0, 0.1) is 0 Å². The van der Waals surface area contributed by atoms with Gasteiger partial charge in [0.15, 0.2) is 0 Å². The molecular formula is C12H22N2O2. The lowest BCUT2D eigenvalue weighted by Gasteiger charge is -2.40. The van der Waals surface area contributed by atoms with E-state index in [1.807, 2.05) is 4.90 Å². The molecule has 2 rings (SSSR count). The zero-order valence-corrected chi connectivity index (χ0v) is 9.86. The summed E-state index contributed by atoms with van der Waals surface area (Å²) < 4.78 is 5.27. The van der Waals surface area contributed by atoms with Crippen LogP contribution in [-0.2, 0) is 9.53 Å². The molecule has 4 nitrogen and oxygen atoms in total. The number of hydrogen-bond acceptors (Lipinski definition) is 3. The molecule has 1 atom stereocenters. The van der Waals surface area contributed by atoms with Crippen LogP contribution in [0.5, 0.6) is 0 Å². The Morgan fingerprint density at radius 1 is 1.25 bits per heavy atom. The molecule has 0 spiro atoms. The summed E-state index contributed by atoms with van der Waals surface area (Å²) in [7, 11) is 0. The molecule has 1 heterocycles. The molecule has 0 aromatic rings. The highest BCUT2D eigenvalue weighted by molar-refractivity contribution is 5.78. The molecule has 4 heteroatoms. The minimum Gasteiger partial charge on any atom is -0.369 e. The van der Waals surface area contributed by atoms with Crippen LogP contribution in [0.3, 0.4) is 0 Å². The molecule has 1 saturated heterocycles. The highest BCUT2D eigenvalue weighted by atomic mass is 16.5. The summed E-state index contributed by atoms with van der Waals surface area (Å²) in [6.45, 7) is 1.37. The van der Waals surface area contributed by atoms with Crippen molar-refractivity contribution in [3.05, 3.63) is 0 Å². The van der Waals surface area contributed by atoms with Crippen molar-refractivity contribution in [2.24, 2.45) is 5.73 Å². The Morgan fingerprint density at radius 2 is 1.94 bits per heavy atom. The van der Waals surface area contributed by atoms with Gasteiger partial charge in [0.1, 0.15) is 6.61 Å². The maximum Gasteiger partial charge on any atom is 0.249 e. The Balaban J connectivity index is 2.04. The van der Waals surface area contributed by atoms with E-state index in [1.54, 1.807) is 0 Å². The van der Waals surface area contributed by atoms with Crippen molar-refractivity contribution in [3.63, 3.8) is 0 Å². The largest absolute Gasteiger partial charge is 0.369 e. The summed E-state index contributed by atoms with van der Waals surface area (Å²) in [6.07, 6.45) is 7.38. The van der Waals surface area contributed by atoms with Crippen molar-refractivity contribution in [1.82, 2.24) is 4.90 Å². The molecule has 2 N–H and O–H groups in total. The van der Waals surface area contributed by atoms with Crippen molar-refractivity contribution in [1.29, 1.82) is 0 Å². The summed E-state index contributed by atoms with van der Waals surface area (Å²) in [5.74, 6) is 0.133. The molecule has 1 amide bonds. The summed E-state index contributed by atoms with van der Waals surface area (Å²) in [5, 5.41) is 0. The highest BCUT2D eigenvalue weighted by Gasteiger charge is 2.33. The van der Waals surface area contributed by atoms with Crippen molar-refractivity contribution in [3.8, 4) is 0 Å². The Morgan fingerprint density at radius 3 is 2.56 bits per heavy atom. The van der Waals surface area contributed by atoms with E-state index in [0.717, 1.165) is 12.8 Å². The van der Waals surface area contributed by atoms with Crippen molar-refractivity contribution in [2.45, 2.75) is 50.6 Å². The number of nitrogens with zero attached hydrogens (tertiary/aromatic N) is 1. The fourth-order valence-corrected chi connectivity index (χ4v) is 2.86. The van der Waals surface area contributed by atoms with Crippen molar-refractivity contribution < 1.29 is 9.53 Å². The lowest BCUT2D eigenvalue weighted by molar-refractivity contribution is -0.151. The number of morpholine rings is 1. The predicted octanol–water partition coefficient (Wildman–Crippen LogP) is 0.895. The molecule has 16 heavy (non-hydrogen) atoms. The van der Waals surface area contributed by atoms with Gasteiger partial charge in [-0.05, 0) is 12.8 Å². The van der Waals surface area contributed by atoms with Gasteiger partial charge >= 0.3 is 0 Å². The van der Waals surface area contributed by atoms with Crippen LogP contribution in [0.1, 0.15) is 38.5 Å². The Hall–Kier alpha value is -0.610. The molecule has 0 aromatic carbocycles. The first kappa shape index (κ1) is 11.9. The Kier molecular flexibility index (Phi) is 4.18. The third kappa shape index (κ3) is 2.55. The molecule has 0 radical (unpaired) electrons. The lowest BCUT2D eigenvalue weighted by atomic mass is 10.0. The van der Waals surface area contributed by atoms with E-state index in [2.05, 4.69) is 0 Å². The second kappa shape index (κ2) is 5.64. The van der Waals surface area contributed by atoms with E-state index in [1.165, 1.54) is 25.7 Å². The number of hydrogen-bond donors (Lipinski definition) is 1. The van der Waals surface area contributed by atoms with E-state index < -0.39 is 0 Å². The van der Waals surface area contributed by atoms with Gasteiger partial charge in [-0.1, -0.05) is 25.7 Å². The molecule has 2 fully saturated rings. The molecule has 1 unspecified atom stereocenters. The fraction of sp³-hybridized carbons (Fsp3) is 0.917. The van der Waals surface area contributed by atoms with Gasteiger partial charge in [-0.15, -0.1) is 0 Å². The van der Waals surface area contributed by atoms with Crippen LogP contribution in [0.15, 0.2) is 0 Å². The molecule has 1 aliphatic carbocycles. The maximum absolute atomic E-state index is 11.9. The van der Waals surface area contributed by atoms with E-state index in [9.17, 15) is 4.79 Å². The first-order valence-electron chi connectivity index (χ1n) is 6.42. The second-order valence-electron chi connectivity index (χ2n) is 4.85. The molecule has 2 aliphatic rings. The summed E-state index contributed by atoms with van der Waals surface area (Å²) in [5.41, 5.74) is 5.73. The monoisotopic (exact) mass is 226 g/mol. The van der Waals surface area contributed by atoms with Crippen molar-refractivity contribution in [2.75, 3.05) is 19.8 Å². The third-order valence-electron chi connectivity index (χ3n) is 3.71. The van der Waals surface area contributed by atoms with Gasteiger partial charge < -0.3 is 15.4 Å². The molecule has 0 bridgehead atoms. The third-order valence-corrected chi connectivity index (χ3v) is 3.71.